The van der Waals surface area contributed by atoms with Gasteiger partial charge in [0.25, 0.3) is 0 Å². The topological polar surface area (TPSA) is 67.8 Å². The van der Waals surface area contributed by atoms with Crippen molar-refractivity contribution in [1.29, 1.82) is 0 Å². The van der Waals surface area contributed by atoms with Crippen LogP contribution in [0, 0.1) is 0 Å². The fourth-order valence-electron chi connectivity index (χ4n) is 3.51. The number of amides is 1. The minimum Gasteiger partial charge on any atom is -0.349 e. The smallest absolute Gasteiger partial charge is 0.220 e. The molecule has 0 unspecified atom stereocenters. The first-order valence-electron chi connectivity index (χ1n) is 9.49. The lowest BCUT2D eigenvalue weighted by Gasteiger charge is -2.25. The first-order chi connectivity index (χ1) is 13.7. The quantitative estimate of drug-likeness (QED) is 0.702. The van der Waals surface area contributed by atoms with E-state index in [1.54, 1.807) is 12.4 Å². The summed E-state index contributed by atoms with van der Waals surface area (Å²) >= 11 is 5.91. The van der Waals surface area contributed by atoms with Gasteiger partial charge in [-0.05, 0) is 55.5 Å². The molecule has 142 valence electrons. The molecule has 0 radical (unpaired) electrons. The monoisotopic (exact) mass is 392 g/mol. The molecule has 28 heavy (non-hydrogen) atoms. The van der Waals surface area contributed by atoms with Gasteiger partial charge in [-0.15, -0.1) is 0 Å². The van der Waals surface area contributed by atoms with Crippen LogP contribution in [0.3, 0.4) is 0 Å². The SMILES string of the molecule is O=C(CCc1ccc(Cl)cc1)N[C@H]1CCCc2nc(-c3ccncc3)ncc21. The van der Waals surface area contributed by atoms with E-state index >= 15 is 0 Å². The van der Waals surface area contributed by atoms with Gasteiger partial charge in [0.05, 0.1) is 6.04 Å². The number of nitrogens with zero attached hydrogens (tertiary/aromatic N) is 3. The summed E-state index contributed by atoms with van der Waals surface area (Å²) in [5.74, 6) is 0.752. The third-order valence-corrected chi connectivity index (χ3v) is 5.26. The second-order valence-electron chi connectivity index (χ2n) is 6.97. The van der Waals surface area contributed by atoms with E-state index in [9.17, 15) is 4.79 Å². The number of aromatic nitrogens is 3. The van der Waals surface area contributed by atoms with Crippen LogP contribution < -0.4 is 5.32 Å². The Labute approximate surface area is 169 Å². The average molecular weight is 393 g/mol. The molecule has 6 heteroatoms. The summed E-state index contributed by atoms with van der Waals surface area (Å²) in [4.78, 5) is 25.8. The number of aryl methyl sites for hydroxylation is 2. The normalized spacial score (nSPS) is 15.7. The molecule has 3 aromatic rings. The molecule has 1 aromatic carbocycles. The molecule has 1 aliphatic carbocycles. The van der Waals surface area contributed by atoms with Gasteiger partial charge in [-0.3, -0.25) is 9.78 Å². The molecule has 2 heterocycles. The van der Waals surface area contributed by atoms with Gasteiger partial charge in [0, 0.05) is 46.9 Å². The zero-order valence-corrected chi connectivity index (χ0v) is 16.2. The Bertz CT molecular complexity index is 960. The fourth-order valence-corrected chi connectivity index (χ4v) is 3.64. The fraction of sp³-hybridized carbons (Fsp3) is 0.273. The first kappa shape index (κ1) is 18.6. The molecule has 0 fully saturated rings. The van der Waals surface area contributed by atoms with E-state index in [1.807, 2.05) is 42.6 Å². The third-order valence-electron chi connectivity index (χ3n) is 5.01. The second-order valence-corrected chi connectivity index (χ2v) is 7.41. The number of pyridine rings is 1. The van der Waals surface area contributed by atoms with Gasteiger partial charge in [-0.2, -0.15) is 0 Å². The maximum absolute atomic E-state index is 12.5. The first-order valence-corrected chi connectivity index (χ1v) is 9.87. The molecule has 0 saturated heterocycles. The molecule has 2 aromatic heterocycles. The molecule has 0 bridgehead atoms. The predicted octanol–water partition coefficient (Wildman–Crippen LogP) is 4.32. The molecular formula is C22H21ClN4O. The number of hydrogen-bond donors (Lipinski definition) is 1. The number of halogens is 1. The van der Waals surface area contributed by atoms with E-state index in [2.05, 4.69) is 15.3 Å². The van der Waals surface area contributed by atoms with E-state index in [0.29, 0.717) is 23.7 Å². The van der Waals surface area contributed by atoms with Crippen LogP contribution in [0.5, 0.6) is 0 Å². The van der Waals surface area contributed by atoms with Crippen molar-refractivity contribution in [3.8, 4) is 11.4 Å². The lowest BCUT2D eigenvalue weighted by Crippen LogP contribution is -2.31. The molecule has 1 N–H and O–H groups in total. The summed E-state index contributed by atoms with van der Waals surface area (Å²) in [7, 11) is 0. The highest BCUT2D eigenvalue weighted by molar-refractivity contribution is 6.30. The van der Waals surface area contributed by atoms with Crippen LogP contribution in [0.4, 0.5) is 0 Å². The molecule has 0 spiro atoms. The Balaban J connectivity index is 1.42. The zero-order valence-electron chi connectivity index (χ0n) is 15.4. The summed E-state index contributed by atoms with van der Waals surface area (Å²) in [6.07, 6.45) is 9.31. The van der Waals surface area contributed by atoms with Crippen LogP contribution in [0.1, 0.15) is 42.1 Å². The molecule has 1 aliphatic rings. The third kappa shape index (κ3) is 4.37. The van der Waals surface area contributed by atoms with Crippen LogP contribution in [0.25, 0.3) is 11.4 Å². The van der Waals surface area contributed by atoms with E-state index in [4.69, 9.17) is 16.6 Å². The Hall–Kier alpha value is -2.79. The van der Waals surface area contributed by atoms with Crippen LogP contribution in [-0.4, -0.2) is 20.9 Å². The van der Waals surface area contributed by atoms with Crippen molar-refractivity contribution in [2.24, 2.45) is 0 Å². The van der Waals surface area contributed by atoms with Gasteiger partial charge in [-0.1, -0.05) is 23.7 Å². The summed E-state index contributed by atoms with van der Waals surface area (Å²) in [6.45, 7) is 0. The van der Waals surface area contributed by atoms with Crippen molar-refractivity contribution in [1.82, 2.24) is 20.3 Å². The molecule has 5 nitrogen and oxygen atoms in total. The Morgan fingerprint density at radius 3 is 2.71 bits per heavy atom. The van der Waals surface area contributed by atoms with Crippen LogP contribution in [-0.2, 0) is 17.6 Å². The standard InChI is InChI=1S/C22H21ClN4O/c23-17-7-4-15(5-8-17)6-9-21(28)26-19-2-1-3-20-18(19)14-25-22(27-20)16-10-12-24-13-11-16/h4-5,7-8,10-14,19H,1-3,6,9H2,(H,26,28)/t19-/m0/s1. The molecule has 1 amide bonds. The maximum Gasteiger partial charge on any atom is 0.220 e. The predicted molar refractivity (Wildman–Crippen MR) is 109 cm³/mol. The summed E-state index contributed by atoms with van der Waals surface area (Å²) in [5, 5.41) is 3.87. The minimum atomic E-state index is -0.0204. The molecule has 4 rings (SSSR count). The Kier molecular flexibility index (Phi) is 5.63. The Morgan fingerprint density at radius 1 is 1.14 bits per heavy atom. The van der Waals surface area contributed by atoms with Crippen LogP contribution in [0.15, 0.2) is 55.0 Å². The van der Waals surface area contributed by atoms with Crippen molar-refractivity contribution >= 4 is 17.5 Å². The van der Waals surface area contributed by atoms with Crippen LogP contribution in [0.2, 0.25) is 5.02 Å². The van der Waals surface area contributed by atoms with Gasteiger partial charge < -0.3 is 5.32 Å². The average Bonchev–Trinajstić information content (AvgIpc) is 2.74. The summed E-state index contributed by atoms with van der Waals surface area (Å²) in [6, 6.07) is 11.4. The Morgan fingerprint density at radius 2 is 1.93 bits per heavy atom. The number of fused-ring (bicyclic) bond motifs is 1. The molecule has 0 aliphatic heterocycles. The lowest BCUT2D eigenvalue weighted by molar-refractivity contribution is -0.121. The van der Waals surface area contributed by atoms with Crippen molar-refractivity contribution in [3.05, 3.63) is 76.8 Å². The van der Waals surface area contributed by atoms with Crippen LogP contribution >= 0.6 is 11.6 Å². The van der Waals surface area contributed by atoms with Gasteiger partial charge in [0.1, 0.15) is 0 Å². The molecule has 0 saturated carbocycles. The summed E-state index contributed by atoms with van der Waals surface area (Å²) < 4.78 is 0. The highest BCUT2D eigenvalue weighted by Crippen LogP contribution is 2.29. The maximum atomic E-state index is 12.5. The van der Waals surface area contributed by atoms with Crippen molar-refractivity contribution in [2.45, 2.75) is 38.1 Å². The van der Waals surface area contributed by atoms with Gasteiger partial charge >= 0.3 is 0 Å². The van der Waals surface area contributed by atoms with E-state index < -0.39 is 0 Å². The number of carbonyl (C=O) groups excluding carboxylic acids is 1. The highest BCUT2D eigenvalue weighted by atomic mass is 35.5. The number of rotatable bonds is 5. The van der Waals surface area contributed by atoms with Gasteiger partial charge in [-0.25, -0.2) is 9.97 Å². The van der Waals surface area contributed by atoms with E-state index in [-0.39, 0.29) is 11.9 Å². The number of nitrogens with one attached hydrogen (secondary N) is 1. The van der Waals surface area contributed by atoms with Gasteiger partial charge in [0.2, 0.25) is 5.91 Å². The number of benzene rings is 1. The second kappa shape index (κ2) is 8.48. The molecule has 1 atom stereocenters. The van der Waals surface area contributed by atoms with E-state index in [0.717, 1.165) is 41.6 Å². The lowest BCUT2D eigenvalue weighted by atomic mass is 9.92. The molecular weight excluding hydrogens is 372 g/mol. The zero-order chi connectivity index (χ0) is 19.3. The minimum absolute atomic E-state index is 0.0204. The van der Waals surface area contributed by atoms with Gasteiger partial charge in [0.15, 0.2) is 5.82 Å². The van der Waals surface area contributed by atoms with Crippen molar-refractivity contribution in [2.75, 3.05) is 0 Å². The number of hydrogen-bond acceptors (Lipinski definition) is 4. The summed E-state index contributed by atoms with van der Waals surface area (Å²) in [5.41, 5.74) is 4.11. The van der Waals surface area contributed by atoms with E-state index in [1.165, 1.54) is 0 Å². The largest absolute Gasteiger partial charge is 0.349 e. The number of carbonyl (C=O) groups is 1. The van der Waals surface area contributed by atoms with Crippen molar-refractivity contribution in [3.63, 3.8) is 0 Å². The van der Waals surface area contributed by atoms with Crippen molar-refractivity contribution < 1.29 is 4.79 Å². The highest BCUT2D eigenvalue weighted by Gasteiger charge is 2.24.